The van der Waals surface area contributed by atoms with E-state index in [4.69, 9.17) is 15.2 Å². The fourth-order valence-corrected chi connectivity index (χ4v) is 2.23. The number of nitrogens with zero attached hydrogens (tertiary/aromatic N) is 1. The number of nitrogens with two attached hydrogens (primary N) is 1. The number of ether oxygens (including phenoxy) is 2. The first kappa shape index (κ1) is 12.3. The minimum atomic E-state index is -0.406. The second-order valence-electron chi connectivity index (χ2n) is 3.94. The van der Waals surface area contributed by atoms with Gasteiger partial charge in [0.05, 0.1) is 6.61 Å². The summed E-state index contributed by atoms with van der Waals surface area (Å²) in [5.41, 5.74) is 5.41. The molecule has 0 aromatic carbocycles. The van der Waals surface area contributed by atoms with Crippen LogP contribution in [-0.2, 0) is 9.47 Å². The summed E-state index contributed by atoms with van der Waals surface area (Å²) in [5, 5.41) is 4.81. The van der Waals surface area contributed by atoms with Gasteiger partial charge in [-0.05, 0) is 0 Å². The Bertz CT molecular complexity index is 401. The number of amides is 1. The molecule has 1 aromatic heterocycles. The van der Waals surface area contributed by atoms with Crippen LogP contribution in [0.5, 0.6) is 0 Å². The second kappa shape index (κ2) is 4.99. The van der Waals surface area contributed by atoms with Gasteiger partial charge in [0.1, 0.15) is 11.3 Å². The number of hydrogen-bond donors (Lipinski definition) is 2. The second-order valence-corrected chi connectivity index (χ2v) is 4.83. The first-order valence-corrected chi connectivity index (χ1v) is 6.15. The number of thiazole rings is 1. The largest absolute Gasteiger partial charge is 0.378 e. The average Bonchev–Trinajstić information content (AvgIpc) is 2.95. The number of carbonyl (C=O) groups is 1. The van der Waals surface area contributed by atoms with Crippen molar-refractivity contribution in [2.24, 2.45) is 0 Å². The first-order valence-electron chi connectivity index (χ1n) is 5.27. The smallest absolute Gasteiger partial charge is 0.270 e. The van der Waals surface area contributed by atoms with E-state index in [-0.39, 0.29) is 5.91 Å². The van der Waals surface area contributed by atoms with Gasteiger partial charge in [-0.1, -0.05) is 0 Å². The van der Waals surface area contributed by atoms with Crippen LogP contribution in [0, 0.1) is 0 Å². The molecule has 1 fully saturated rings. The maximum absolute atomic E-state index is 11.8. The van der Waals surface area contributed by atoms with Crippen LogP contribution in [0.25, 0.3) is 0 Å². The van der Waals surface area contributed by atoms with Gasteiger partial charge in [-0.15, -0.1) is 11.3 Å². The third-order valence-electron chi connectivity index (χ3n) is 2.83. The average molecular weight is 257 g/mol. The summed E-state index contributed by atoms with van der Waals surface area (Å²) in [5.74, 6) is -0.235. The third kappa shape index (κ3) is 2.74. The Morgan fingerprint density at radius 3 is 3.18 bits per heavy atom. The van der Waals surface area contributed by atoms with Crippen LogP contribution in [-0.4, -0.2) is 43.4 Å². The molecule has 0 bridgehead atoms. The van der Waals surface area contributed by atoms with Crippen LogP contribution in [0.2, 0.25) is 0 Å². The molecule has 0 radical (unpaired) electrons. The minimum Gasteiger partial charge on any atom is -0.378 e. The Morgan fingerprint density at radius 1 is 1.82 bits per heavy atom. The lowest BCUT2D eigenvalue weighted by molar-refractivity contribution is -0.0149. The molecular weight excluding hydrogens is 242 g/mol. The molecule has 1 aliphatic rings. The zero-order valence-corrected chi connectivity index (χ0v) is 10.4. The summed E-state index contributed by atoms with van der Waals surface area (Å²) in [7, 11) is 1.63. The summed E-state index contributed by atoms with van der Waals surface area (Å²) in [6.07, 6.45) is 0.781. The Labute approximate surface area is 103 Å². The van der Waals surface area contributed by atoms with Crippen molar-refractivity contribution >= 4 is 22.4 Å². The van der Waals surface area contributed by atoms with Gasteiger partial charge >= 0.3 is 0 Å². The van der Waals surface area contributed by atoms with Gasteiger partial charge in [-0.2, -0.15) is 0 Å². The van der Waals surface area contributed by atoms with E-state index in [9.17, 15) is 4.79 Å². The van der Waals surface area contributed by atoms with Gasteiger partial charge < -0.3 is 20.5 Å². The number of carbonyl (C=O) groups excluding carboxylic acids is 1. The minimum absolute atomic E-state index is 0.235. The van der Waals surface area contributed by atoms with E-state index in [0.717, 1.165) is 6.42 Å². The van der Waals surface area contributed by atoms with Crippen molar-refractivity contribution in [1.82, 2.24) is 10.3 Å². The molecule has 2 heterocycles. The molecule has 3 N–H and O–H groups in total. The highest BCUT2D eigenvalue weighted by molar-refractivity contribution is 7.13. The van der Waals surface area contributed by atoms with Crippen molar-refractivity contribution in [3.05, 3.63) is 11.1 Å². The first-order chi connectivity index (χ1) is 8.15. The fourth-order valence-electron chi connectivity index (χ4n) is 1.68. The maximum atomic E-state index is 11.8. The molecule has 0 spiro atoms. The van der Waals surface area contributed by atoms with Gasteiger partial charge in [0.25, 0.3) is 5.91 Å². The number of hydrogen-bond acceptors (Lipinski definition) is 6. The zero-order valence-electron chi connectivity index (χ0n) is 9.56. The van der Waals surface area contributed by atoms with Crippen molar-refractivity contribution in [1.29, 1.82) is 0 Å². The van der Waals surface area contributed by atoms with Gasteiger partial charge in [0.15, 0.2) is 5.13 Å². The van der Waals surface area contributed by atoms with Crippen LogP contribution in [0.15, 0.2) is 5.38 Å². The summed E-state index contributed by atoms with van der Waals surface area (Å²) >= 11 is 1.25. The quantitative estimate of drug-likeness (QED) is 0.808. The van der Waals surface area contributed by atoms with Crippen molar-refractivity contribution in [2.75, 3.05) is 32.6 Å². The standard InChI is InChI=1S/C10H15N3O3S/c1-15-10(2-3-16-6-10)5-12-8(14)7-4-17-9(11)13-7/h4H,2-3,5-6H2,1H3,(H2,11,13)(H,12,14). The molecule has 1 unspecified atom stereocenters. The van der Waals surface area contributed by atoms with Gasteiger partial charge in [0, 0.05) is 32.1 Å². The lowest BCUT2D eigenvalue weighted by atomic mass is 10.0. The molecule has 0 saturated carbocycles. The van der Waals surface area contributed by atoms with Gasteiger partial charge in [0.2, 0.25) is 0 Å². The van der Waals surface area contributed by atoms with Gasteiger partial charge in [-0.3, -0.25) is 4.79 Å². The van der Waals surface area contributed by atoms with Gasteiger partial charge in [-0.25, -0.2) is 4.98 Å². The van der Waals surface area contributed by atoms with E-state index in [1.54, 1.807) is 12.5 Å². The number of rotatable bonds is 4. The number of nitrogens with one attached hydrogen (secondary N) is 1. The molecule has 1 atom stereocenters. The molecule has 6 nitrogen and oxygen atoms in total. The van der Waals surface area contributed by atoms with Crippen molar-refractivity contribution in [2.45, 2.75) is 12.0 Å². The Hall–Kier alpha value is -1.18. The third-order valence-corrected chi connectivity index (χ3v) is 3.50. The number of nitrogen functional groups attached to an aromatic ring is 1. The van der Waals surface area contributed by atoms with Crippen LogP contribution >= 0.6 is 11.3 Å². The lowest BCUT2D eigenvalue weighted by Crippen LogP contribution is -2.45. The number of aromatic nitrogens is 1. The highest BCUT2D eigenvalue weighted by atomic mass is 32.1. The Kier molecular flexibility index (Phi) is 3.60. The molecule has 1 amide bonds. The molecule has 7 heteroatoms. The van der Waals surface area contributed by atoms with Crippen molar-refractivity contribution < 1.29 is 14.3 Å². The molecule has 1 aromatic rings. The van der Waals surface area contributed by atoms with E-state index in [1.165, 1.54) is 11.3 Å². The molecule has 17 heavy (non-hydrogen) atoms. The van der Waals surface area contributed by atoms with E-state index in [0.29, 0.717) is 30.6 Å². The molecule has 1 aliphatic heterocycles. The van der Waals surface area contributed by atoms with E-state index in [2.05, 4.69) is 10.3 Å². The van der Waals surface area contributed by atoms with Crippen molar-refractivity contribution in [3.8, 4) is 0 Å². The van der Waals surface area contributed by atoms with E-state index in [1.807, 2.05) is 0 Å². The van der Waals surface area contributed by atoms with E-state index >= 15 is 0 Å². The van der Waals surface area contributed by atoms with Crippen LogP contribution in [0.3, 0.4) is 0 Å². The predicted molar refractivity (Wildman–Crippen MR) is 64.0 cm³/mol. The Morgan fingerprint density at radius 2 is 2.65 bits per heavy atom. The lowest BCUT2D eigenvalue weighted by Gasteiger charge is -2.25. The summed E-state index contributed by atoms with van der Waals surface area (Å²) in [6.45, 7) is 1.58. The summed E-state index contributed by atoms with van der Waals surface area (Å²) in [6, 6.07) is 0. The zero-order chi connectivity index (χ0) is 12.3. The number of methoxy groups -OCH3 is 1. The molecule has 2 rings (SSSR count). The number of anilines is 1. The van der Waals surface area contributed by atoms with Crippen molar-refractivity contribution in [3.63, 3.8) is 0 Å². The highest BCUT2D eigenvalue weighted by Gasteiger charge is 2.35. The Balaban J connectivity index is 1.91. The maximum Gasteiger partial charge on any atom is 0.270 e. The fraction of sp³-hybridized carbons (Fsp3) is 0.600. The predicted octanol–water partition coefficient (Wildman–Crippen LogP) is 0.261. The SMILES string of the molecule is COC1(CNC(=O)c2csc(N)n2)CCOC1. The monoisotopic (exact) mass is 257 g/mol. The highest BCUT2D eigenvalue weighted by Crippen LogP contribution is 2.21. The molecule has 0 aliphatic carbocycles. The summed E-state index contributed by atoms with van der Waals surface area (Å²) in [4.78, 5) is 15.7. The van der Waals surface area contributed by atoms with Crippen LogP contribution < -0.4 is 11.1 Å². The normalized spacial score (nSPS) is 23.8. The van der Waals surface area contributed by atoms with E-state index < -0.39 is 5.60 Å². The molecular formula is C10H15N3O3S. The van der Waals surface area contributed by atoms with Crippen LogP contribution in [0.1, 0.15) is 16.9 Å². The van der Waals surface area contributed by atoms with Crippen LogP contribution in [0.4, 0.5) is 5.13 Å². The summed E-state index contributed by atoms with van der Waals surface area (Å²) < 4.78 is 10.7. The molecule has 1 saturated heterocycles. The topological polar surface area (TPSA) is 86.5 Å². The molecule has 94 valence electrons.